The van der Waals surface area contributed by atoms with Gasteiger partial charge in [-0.15, -0.1) is 0 Å². The molecule has 0 unspecified atom stereocenters. The van der Waals surface area contributed by atoms with E-state index in [4.69, 9.17) is 30.5 Å². The van der Waals surface area contributed by atoms with Crippen LogP contribution in [-0.2, 0) is 20.9 Å². The molecular formula is C35H32BrClN4O7. The number of halogens is 2. The Kier molecular flexibility index (Phi) is 11.2. The molecule has 48 heavy (non-hydrogen) atoms. The molecule has 5 rings (SSSR count). The minimum atomic E-state index is -0.780. The molecule has 4 aromatic carbocycles. The Morgan fingerprint density at radius 2 is 1.81 bits per heavy atom. The van der Waals surface area contributed by atoms with Gasteiger partial charge in [-0.05, 0) is 87.6 Å². The number of carbonyl (C=O) groups excluding carboxylic acids is 3. The van der Waals surface area contributed by atoms with Crippen molar-refractivity contribution >= 4 is 62.4 Å². The number of benzene rings is 4. The second kappa shape index (κ2) is 15.7. The highest BCUT2D eigenvalue weighted by Crippen LogP contribution is 2.36. The molecule has 0 spiro atoms. The molecule has 0 fully saturated rings. The summed E-state index contributed by atoms with van der Waals surface area (Å²) in [6, 6.07) is 21.3. The maximum Gasteiger partial charge on any atom is 0.338 e. The average molecular weight is 736 g/mol. The number of nitrogens with one attached hydrogen (secondary N) is 3. The summed E-state index contributed by atoms with van der Waals surface area (Å²) in [5.74, 6) is -0.0226. The van der Waals surface area contributed by atoms with Gasteiger partial charge in [0, 0.05) is 5.70 Å². The van der Waals surface area contributed by atoms with Gasteiger partial charge in [0.25, 0.3) is 5.91 Å². The number of amides is 3. The number of urea groups is 1. The second-order valence-electron chi connectivity index (χ2n) is 10.6. The van der Waals surface area contributed by atoms with E-state index in [2.05, 4.69) is 61.4 Å². The van der Waals surface area contributed by atoms with E-state index in [1.165, 1.54) is 13.3 Å². The molecule has 4 aromatic rings. The zero-order valence-electron chi connectivity index (χ0n) is 26.3. The van der Waals surface area contributed by atoms with Gasteiger partial charge in [0.1, 0.15) is 6.61 Å². The molecule has 3 amide bonds. The van der Waals surface area contributed by atoms with Gasteiger partial charge in [-0.3, -0.25) is 4.79 Å². The zero-order chi connectivity index (χ0) is 34.2. The fourth-order valence-electron chi connectivity index (χ4n) is 5.04. The molecule has 1 aliphatic heterocycles. The zero-order valence-corrected chi connectivity index (χ0v) is 28.6. The van der Waals surface area contributed by atoms with Crippen molar-refractivity contribution in [3.05, 3.63) is 110 Å². The Morgan fingerprint density at radius 1 is 1.02 bits per heavy atom. The third kappa shape index (κ3) is 8.25. The first kappa shape index (κ1) is 34.3. The van der Waals surface area contributed by atoms with Gasteiger partial charge in [0.15, 0.2) is 23.9 Å². The van der Waals surface area contributed by atoms with Gasteiger partial charge in [-0.25, -0.2) is 15.0 Å². The summed E-state index contributed by atoms with van der Waals surface area (Å²) in [5, 5.41) is 12.0. The minimum absolute atomic E-state index is 0.179. The lowest BCUT2D eigenvalue weighted by Gasteiger charge is -2.28. The lowest BCUT2D eigenvalue weighted by Crippen LogP contribution is -2.45. The van der Waals surface area contributed by atoms with Crippen LogP contribution in [0.4, 0.5) is 4.79 Å². The van der Waals surface area contributed by atoms with Crippen LogP contribution in [0.25, 0.3) is 10.8 Å². The number of rotatable bonds is 12. The van der Waals surface area contributed by atoms with E-state index in [0.717, 1.165) is 16.3 Å². The molecule has 13 heteroatoms. The van der Waals surface area contributed by atoms with Crippen molar-refractivity contribution in [2.24, 2.45) is 5.10 Å². The SMILES string of the molecule is CCOC(=O)C1=C(C)NC(=O)N[C@@H]1c1ccc(OCC(=O)N/N=C\c2cc(Cl)c(OCc3ccc4ccccc4c3)c(Br)c2)c(OC)c1. The fourth-order valence-corrected chi connectivity index (χ4v) is 6.03. The summed E-state index contributed by atoms with van der Waals surface area (Å²) in [6.45, 7) is 3.47. The van der Waals surface area contributed by atoms with Crippen LogP contribution in [0.2, 0.25) is 5.02 Å². The van der Waals surface area contributed by atoms with Crippen molar-refractivity contribution in [3.8, 4) is 17.2 Å². The van der Waals surface area contributed by atoms with Gasteiger partial charge in [-0.2, -0.15) is 5.10 Å². The van der Waals surface area contributed by atoms with E-state index >= 15 is 0 Å². The van der Waals surface area contributed by atoms with Crippen molar-refractivity contribution < 1.29 is 33.3 Å². The third-order valence-corrected chi connectivity index (χ3v) is 8.13. The van der Waals surface area contributed by atoms with Crippen LogP contribution in [0.1, 0.15) is 36.6 Å². The largest absolute Gasteiger partial charge is 0.493 e. The first-order valence-electron chi connectivity index (χ1n) is 14.8. The molecule has 11 nitrogen and oxygen atoms in total. The molecule has 0 aromatic heterocycles. The van der Waals surface area contributed by atoms with E-state index in [9.17, 15) is 14.4 Å². The molecule has 1 heterocycles. The molecular weight excluding hydrogens is 704 g/mol. The van der Waals surface area contributed by atoms with Crippen LogP contribution in [0, 0.1) is 0 Å². The normalized spacial score (nSPS) is 14.4. The van der Waals surface area contributed by atoms with Crippen molar-refractivity contribution in [1.29, 1.82) is 0 Å². The maximum atomic E-state index is 12.6. The first-order chi connectivity index (χ1) is 23.2. The molecule has 1 aliphatic rings. The van der Waals surface area contributed by atoms with Gasteiger partial charge >= 0.3 is 12.0 Å². The Morgan fingerprint density at radius 3 is 2.56 bits per heavy atom. The molecule has 0 saturated carbocycles. The van der Waals surface area contributed by atoms with E-state index in [-0.39, 0.29) is 24.5 Å². The predicted molar refractivity (Wildman–Crippen MR) is 185 cm³/mol. The molecule has 0 bridgehead atoms. The van der Waals surface area contributed by atoms with E-state index in [0.29, 0.717) is 44.4 Å². The van der Waals surface area contributed by atoms with Crippen molar-refractivity contribution in [1.82, 2.24) is 16.1 Å². The number of hydrogen-bond donors (Lipinski definition) is 3. The first-order valence-corrected chi connectivity index (χ1v) is 16.0. The summed E-state index contributed by atoms with van der Waals surface area (Å²) >= 11 is 10.0. The summed E-state index contributed by atoms with van der Waals surface area (Å²) < 4.78 is 23.0. The molecule has 0 aliphatic carbocycles. The van der Waals surface area contributed by atoms with Crippen LogP contribution in [0.15, 0.2) is 93.6 Å². The smallest absolute Gasteiger partial charge is 0.338 e. The Balaban J connectivity index is 1.17. The highest BCUT2D eigenvalue weighted by Gasteiger charge is 2.32. The predicted octanol–water partition coefficient (Wildman–Crippen LogP) is 6.56. The van der Waals surface area contributed by atoms with Gasteiger partial charge in [0.2, 0.25) is 0 Å². The monoisotopic (exact) mass is 734 g/mol. The number of hydrazone groups is 1. The highest BCUT2D eigenvalue weighted by atomic mass is 79.9. The average Bonchev–Trinajstić information content (AvgIpc) is 3.06. The second-order valence-corrected chi connectivity index (χ2v) is 11.8. The number of allylic oxidation sites excluding steroid dienone is 1. The lowest BCUT2D eigenvalue weighted by atomic mass is 9.95. The topological polar surface area (TPSA) is 137 Å². The van der Waals surface area contributed by atoms with Crippen molar-refractivity contribution in [2.45, 2.75) is 26.5 Å². The van der Waals surface area contributed by atoms with Crippen molar-refractivity contribution in [3.63, 3.8) is 0 Å². The van der Waals surface area contributed by atoms with Crippen LogP contribution in [0.3, 0.4) is 0 Å². The number of methoxy groups -OCH3 is 1. The van der Waals surface area contributed by atoms with Gasteiger partial charge < -0.3 is 29.6 Å². The number of ether oxygens (including phenoxy) is 4. The number of hydrogen-bond acceptors (Lipinski definition) is 8. The van der Waals surface area contributed by atoms with E-state index in [1.54, 1.807) is 44.2 Å². The standard InChI is InChI=1S/C35H32BrClN4O7/c1-4-46-34(43)31-20(2)39-35(44)40-32(31)25-11-12-28(29(16-25)45-3)47-19-30(42)41-38-17-22-14-26(36)33(27(37)15-22)48-18-21-9-10-23-7-5-6-8-24(23)13-21/h5-17,32H,4,18-19H2,1-3H3,(H,41,42)(H2,39,40,44)/b38-17-/t32-/m1/s1. The van der Waals surface area contributed by atoms with Crippen LogP contribution < -0.4 is 30.3 Å². The molecule has 3 N–H and O–H groups in total. The quantitative estimate of drug-likeness (QED) is 0.0852. The van der Waals surface area contributed by atoms with Crippen LogP contribution in [-0.4, -0.2) is 44.4 Å². The maximum absolute atomic E-state index is 12.6. The number of fused-ring (bicyclic) bond motifs is 1. The summed E-state index contributed by atoms with van der Waals surface area (Å²) in [4.78, 5) is 37.3. The number of carbonyl (C=O) groups is 3. The van der Waals surface area contributed by atoms with E-state index in [1.807, 2.05) is 18.2 Å². The third-order valence-electron chi connectivity index (χ3n) is 7.26. The minimum Gasteiger partial charge on any atom is -0.493 e. The molecule has 0 radical (unpaired) electrons. The summed E-state index contributed by atoms with van der Waals surface area (Å²) in [7, 11) is 1.44. The van der Waals surface area contributed by atoms with Crippen molar-refractivity contribution in [2.75, 3.05) is 20.3 Å². The highest BCUT2D eigenvalue weighted by molar-refractivity contribution is 9.10. The van der Waals surface area contributed by atoms with Crippen LogP contribution in [0.5, 0.6) is 17.2 Å². The van der Waals surface area contributed by atoms with Crippen LogP contribution >= 0.6 is 27.5 Å². The molecule has 1 atom stereocenters. The van der Waals surface area contributed by atoms with Gasteiger partial charge in [0.05, 0.1) is 41.0 Å². The number of nitrogens with zero attached hydrogens (tertiary/aromatic N) is 1. The fraction of sp³-hybridized carbons (Fsp3) is 0.200. The molecule has 248 valence electrons. The lowest BCUT2D eigenvalue weighted by molar-refractivity contribution is -0.139. The van der Waals surface area contributed by atoms with Gasteiger partial charge in [-0.1, -0.05) is 54.1 Å². The Hall–Kier alpha value is -5.07. The summed E-state index contributed by atoms with van der Waals surface area (Å²) in [6.07, 6.45) is 1.45. The number of esters is 1. The summed E-state index contributed by atoms with van der Waals surface area (Å²) in [5.41, 5.74) is 5.26. The Labute approximate surface area is 290 Å². The van der Waals surface area contributed by atoms with E-state index < -0.39 is 23.9 Å². The Bertz CT molecular complexity index is 1910. The molecule has 0 saturated heterocycles.